The van der Waals surface area contributed by atoms with Crippen molar-refractivity contribution in [3.63, 3.8) is 0 Å². The van der Waals surface area contributed by atoms with Crippen LogP contribution in [-0.2, 0) is 16.3 Å². The lowest BCUT2D eigenvalue weighted by Gasteiger charge is -2.24. The van der Waals surface area contributed by atoms with Gasteiger partial charge in [-0.3, -0.25) is 4.52 Å². The number of hydrogen-bond donors (Lipinski definition) is 0. The van der Waals surface area contributed by atoms with Gasteiger partial charge in [-0.25, -0.2) is 0 Å². The summed E-state index contributed by atoms with van der Waals surface area (Å²) in [6, 6.07) is 14.3. The fourth-order valence-electron chi connectivity index (χ4n) is 1.85. The smallest absolute Gasteiger partial charge is 0.435 e. The molecule has 0 saturated heterocycles. The van der Waals surface area contributed by atoms with Gasteiger partial charge < -0.3 is 18.5 Å². The molecule has 0 heterocycles. The monoisotopic (exact) mass is 388 g/mol. The van der Waals surface area contributed by atoms with Crippen molar-refractivity contribution in [1.29, 1.82) is 0 Å². The van der Waals surface area contributed by atoms with E-state index in [1.54, 1.807) is 38.5 Å². The molecule has 0 aliphatic heterocycles. The van der Waals surface area contributed by atoms with Crippen molar-refractivity contribution >= 4 is 30.1 Å². The summed E-state index contributed by atoms with van der Waals surface area (Å²) in [6.07, 6.45) is 0. The first-order chi connectivity index (χ1) is 11.6. The molecule has 24 heavy (non-hydrogen) atoms. The molecule has 0 unspecified atom stereocenters. The van der Waals surface area contributed by atoms with E-state index in [0.717, 1.165) is 0 Å². The highest BCUT2D eigenvalue weighted by Gasteiger charge is 2.27. The summed E-state index contributed by atoms with van der Waals surface area (Å²) < 4.78 is 27.9. The minimum Gasteiger partial charge on any atom is -0.493 e. The molecule has 0 amide bonds. The Balaban J connectivity index is 2.30. The number of alkyl halides is 1. The molecule has 2 rings (SSSR count). The van der Waals surface area contributed by atoms with Gasteiger partial charge in [0.25, 0.3) is 0 Å². The highest BCUT2D eigenvalue weighted by molar-refractivity contribution is 8.07. The highest BCUT2D eigenvalue weighted by Crippen LogP contribution is 2.53. The van der Waals surface area contributed by atoms with Crippen molar-refractivity contribution in [2.75, 3.05) is 26.7 Å². The molecule has 0 saturated carbocycles. The Morgan fingerprint density at radius 2 is 1.25 bits per heavy atom. The molecular formula is C16H18ClO5PS. The number of halogens is 1. The van der Waals surface area contributed by atoms with E-state index in [-0.39, 0.29) is 12.5 Å². The zero-order valence-corrected chi connectivity index (χ0v) is 15.8. The molecule has 0 atom stereocenters. The molecule has 0 aliphatic carbocycles. The van der Waals surface area contributed by atoms with Crippen LogP contribution in [0, 0.1) is 0 Å². The van der Waals surface area contributed by atoms with Crippen molar-refractivity contribution in [3.05, 3.63) is 48.5 Å². The van der Waals surface area contributed by atoms with E-state index in [2.05, 4.69) is 0 Å². The fraction of sp³-hybridized carbons (Fsp3) is 0.250. The lowest BCUT2D eigenvalue weighted by molar-refractivity contribution is 0.269. The second-order valence-corrected chi connectivity index (χ2v) is 7.69. The van der Waals surface area contributed by atoms with Crippen molar-refractivity contribution in [2.45, 2.75) is 0 Å². The SMILES string of the molecule is COc1ccccc1OP(=S)(OCCCl)Oc1ccccc1OC. The highest BCUT2D eigenvalue weighted by atomic mass is 35.5. The predicted octanol–water partition coefficient (Wildman–Crippen LogP) is 4.64. The lowest BCUT2D eigenvalue weighted by atomic mass is 10.3. The quantitative estimate of drug-likeness (QED) is 0.460. The van der Waals surface area contributed by atoms with Crippen LogP contribution in [0.25, 0.3) is 0 Å². The molecule has 0 aromatic heterocycles. The fourth-order valence-corrected chi connectivity index (χ4v) is 3.98. The summed E-state index contributed by atoms with van der Waals surface area (Å²) in [6.45, 7) is -2.97. The van der Waals surface area contributed by atoms with Crippen molar-refractivity contribution in [3.8, 4) is 23.0 Å². The summed E-state index contributed by atoms with van der Waals surface area (Å²) in [4.78, 5) is 0. The van der Waals surface area contributed by atoms with E-state index in [9.17, 15) is 0 Å². The molecular weight excluding hydrogens is 371 g/mol. The van der Waals surface area contributed by atoms with Gasteiger partial charge in [-0.2, -0.15) is 0 Å². The topological polar surface area (TPSA) is 46.2 Å². The van der Waals surface area contributed by atoms with Crippen LogP contribution in [0.5, 0.6) is 23.0 Å². The third-order valence-corrected chi connectivity index (χ3v) is 5.14. The number of rotatable bonds is 9. The van der Waals surface area contributed by atoms with Gasteiger partial charge in [0, 0.05) is 17.7 Å². The molecule has 130 valence electrons. The van der Waals surface area contributed by atoms with E-state index in [1.807, 2.05) is 24.3 Å². The van der Waals surface area contributed by atoms with Crippen LogP contribution in [-0.4, -0.2) is 26.7 Å². The summed E-state index contributed by atoms with van der Waals surface area (Å²) >= 11 is 11.2. The minimum absolute atomic E-state index is 0.198. The van der Waals surface area contributed by atoms with Gasteiger partial charge in [0.1, 0.15) is 0 Å². The maximum absolute atomic E-state index is 5.87. The first kappa shape index (κ1) is 18.9. The Kier molecular flexibility index (Phi) is 7.18. The standard InChI is InChI=1S/C16H18ClO5PS/c1-18-13-7-3-5-9-15(13)21-23(24,20-12-11-17)22-16-10-6-4-8-14(16)19-2/h3-10H,11-12H2,1-2H3. The van der Waals surface area contributed by atoms with E-state index in [4.69, 9.17) is 46.5 Å². The van der Waals surface area contributed by atoms with Crippen molar-refractivity contribution in [1.82, 2.24) is 0 Å². The second-order valence-electron chi connectivity index (χ2n) is 4.45. The predicted molar refractivity (Wildman–Crippen MR) is 98.2 cm³/mol. The molecule has 5 nitrogen and oxygen atoms in total. The zero-order valence-electron chi connectivity index (χ0n) is 13.3. The normalized spacial score (nSPS) is 11.0. The van der Waals surface area contributed by atoms with Gasteiger partial charge in [-0.05, 0) is 24.3 Å². The van der Waals surface area contributed by atoms with Gasteiger partial charge in [-0.1, -0.05) is 24.3 Å². The Labute approximate surface area is 151 Å². The molecule has 0 radical (unpaired) electrons. The van der Waals surface area contributed by atoms with Gasteiger partial charge in [0.05, 0.1) is 20.8 Å². The summed E-state index contributed by atoms with van der Waals surface area (Å²) in [5, 5.41) is 0. The number of hydrogen-bond acceptors (Lipinski definition) is 6. The molecule has 0 aliphatic rings. The zero-order chi connectivity index (χ0) is 17.4. The number of benzene rings is 2. The first-order valence-corrected chi connectivity index (χ1v) is 10.2. The van der Waals surface area contributed by atoms with Gasteiger partial charge in [0.2, 0.25) is 0 Å². The maximum atomic E-state index is 5.87. The molecule has 2 aromatic carbocycles. The van der Waals surface area contributed by atoms with Gasteiger partial charge in [-0.15, -0.1) is 11.6 Å². The number of para-hydroxylation sites is 4. The summed E-state index contributed by atoms with van der Waals surface area (Å²) in [5.41, 5.74) is 0. The Hall–Kier alpha value is -1.46. The van der Waals surface area contributed by atoms with Crippen LogP contribution < -0.4 is 18.5 Å². The van der Waals surface area contributed by atoms with Crippen LogP contribution in [0.15, 0.2) is 48.5 Å². The maximum Gasteiger partial charge on any atom is 0.435 e. The van der Waals surface area contributed by atoms with Crippen molar-refractivity contribution < 1.29 is 23.0 Å². The molecule has 2 aromatic rings. The molecule has 0 bridgehead atoms. The third-order valence-electron chi connectivity index (χ3n) is 2.89. The summed E-state index contributed by atoms with van der Waals surface area (Å²) in [7, 11) is 3.10. The van der Waals surface area contributed by atoms with Gasteiger partial charge >= 0.3 is 6.72 Å². The lowest BCUT2D eigenvalue weighted by Crippen LogP contribution is -2.07. The van der Waals surface area contributed by atoms with E-state index >= 15 is 0 Å². The van der Waals surface area contributed by atoms with E-state index in [0.29, 0.717) is 23.0 Å². The van der Waals surface area contributed by atoms with Crippen LogP contribution in [0.3, 0.4) is 0 Å². The van der Waals surface area contributed by atoms with Crippen molar-refractivity contribution in [2.24, 2.45) is 0 Å². The average Bonchev–Trinajstić information content (AvgIpc) is 2.61. The van der Waals surface area contributed by atoms with E-state index < -0.39 is 6.72 Å². The van der Waals surface area contributed by atoms with Gasteiger partial charge in [0.15, 0.2) is 23.0 Å². The van der Waals surface area contributed by atoms with E-state index in [1.165, 1.54) is 0 Å². The third kappa shape index (κ3) is 5.02. The molecule has 0 fully saturated rings. The molecule has 8 heteroatoms. The first-order valence-electron chi connectivity index (χ1n) is 7.07. The Morgan fingerprint density at radius 3 is 1.62 bits per heavy atom. The Bertz CT molecular complexity index is 659. The minimum atomic E-state index is -3.17. The Morgan fingerprint density at radius 1 is 0.833 bits per heavy atom. The summed E-state index contributed by atoms with van der Waals surface area (Å²) in [5.74, 6) is 2.21. The van der Waals surface area contributed by atoms with Crippen LogP contribution >= 0.6 is 18.3 Å². The second kappa shape index (κ2) is 9.14. The molecule has 0 spiro atoms. The largest absolute Gasteiger partial charge is 0.493 e. The number of methoxy groups -OCH3 is 2. The average molecular weight is 389 g/mol. The van der Waals surface area contributed by atoms with Crippen LogP contribution in [0.1, 0.15) is 0 Å². The van der Waals surface area contributed by atoms with Crippen LogP contribution in [0.2, 0.25) is 0 Å². The number of ether oxygens (including phenoxy) is 2. The van der Waals surface area contributed by atoms with Crippen LogP contribution in [0.4, 0.5) is 0 Å². The molecule has 0 N–H and O–H groups in total.